The van der Waals surface area contributed by atoms with E-state index in [4.69, 9.17) is 10.9 Å². The third-order valence-corrected chi connectivity index (χ3v) is 0.902. The minimum atomic E-state index is -1.40. The van der Waals surface area contributed by atoms with E-state index in [1.165, 1.54) is 6.92 Å². The molecule has 6 heteroatoms. The molecular weight excluding hydrogens is 138 g/mol. The zero-order valence-electron chi connectivity index (χ0n) is 5.42. The van der Waals surface area contributed by atoms with E-state index in [0.717, 1.165) is 0 Å². The predicted octanol–water partition coefficient (Wildman–Crippen LogP) is -1.37. The Hall–Kier alpha value is -1.14. The maximum absolute atomic E-state index is 10.1. The molecule has 0 aliphatic rings. The topological polar surface area (TPSA) is 104 Å². The van der Waals surface area contributed by atoms with Crippen molar-refractivity contribution >= 4 is 12.4 Å². The molecule has 0 radical (unpaired) electrons. The first-order chi connectivity index (χ1) is 4.54. The summed E-state index contributed by atoms with van der Waals surface area (Å²) in [5, 5.41) is 10.0. The van der Waals surface area contributed by atoms with Crippen molar-refractivity contribution in [3.8, 4) is 0 Å². The lowest BCUT2D eigenvalue weighted by atomic mass is 10.2. The first-order valence-electron chi connectivity index (χ1n) is 2.49. The van der Waals surface area contributed by atoms with Crippen LogP contribution in [0.5, 0.6) is 0 Å². The van der Waals surface area contributed by atoms with Gasteiger partial charge in [0.2, 0.25) is 0 Å². The lowest BCUT2D eigenvalue weighted by Crippen LogP contribution is -2.60. The second-order valence-corrected chi connectivity index (χ2v) is 1.89. The average molecular weight is 147 g/mol. The average Bonchev–Trinajstić information content (AvgIpc) is 1.87. The van der Waals surface area contributed by atoms with E-state index in [1.807, 2.05) is 10.7 Å². The SMILES string of the molecule is CC(C=O)(NN)NC(=O)O. The summed E-state index contributed by atoms with van der Waals surface area (Å²) in [6.07, 6.45) is -0.950. The normalized spacial score (nSPS) is 15.4. The van der Waals surface area contributed by atoms with Crippen molar-refractivity contribution in [2.75, 3.05) is 0 Å². The summed E-state index contributed by atoms with van der Waals surface area (Å²) < 4.78 is 0. The molecule has 0 rings (SSSR count). The third kappa shape index (κ3) is 2.42. The highest BCUT2D eigenvalue weighted by Crippen LogP contribution is 1.89. The van der Waals surface area contributed by atoms with Gasteiger partial charge in [0.15, 0.2) is 11.9 Å². The van der Waals surface area contributed by atoms with Crippen LogP contribution in [-0.2, 0) is 4.79 Å². The zero-order valence-corrected chi connectivity index (χ0v) is 5.42. The minimum Gasteiger partial charge on any atom is -0.465 e. The molecule has 1 atom stereocenters. The van der Waals surface area contributed by atoms with Crippen LogP contribution < -0.4 is 16.6 Å². The molecule has 6 nitrogen and oxygen atoms in total. The quantitative estimate of drug-likeness (QED) is 0.171. The number of carboxylic acid groups (broad SMARTS) is 1. The van der Waals surface area contributed by atoms with E-state index in [1.54, 1.807) is 0 Å². The van der Waals surface area contributed by atoms with Gasteiger partial charge < -0.3 is 5.11 Å². The highest BCUT2D eigenvalue weighted by molar-refractivity contribution is 5.74. The van der Waals surface area contributed by atoms with E-state index in [2.05, 4.69) is 0 Å². The summed E-state index contributed by atoms with van der Waals surface area (Å²) in [5.74, 6) is 4.86. The molecule has 5 N–H and O–H groups in total. The van der Waals surface area contributed by atoms with Crippen molar-refractivity contribution in [2.24, 2.45) is 5.84 Å². The first-order valence-corrected chi connectivity index (χ1v) is 2.49. The second-order valence-electron chi connectivity index (χ2n) is 1.89. The van der Waals surface area contributed by atoms with Gasteiger partial charge in [-0.05, 0) is 6.92 Å². The molecular formula is C4H9N3O3. The van der Waals surface area contributed by atoms with E-state index in [9.17, 15) is 9.59 Å². The van der Waals surface area contributed by atoms with Crippen LogP contribution in [0.4, 0.5) is 4.79 Å². The molecule has 0 saturated carbocycles. The van der Waals surface area contributed by atoms with Crippen molar-refractivity contribution in [3.63, 3.8) is 0 Å². The number of hydrazine groups is 1. The minimum absolute atomic E-state index is 0.362. The molecule has 1 unspecified atom stereocenters. The fourth-order valence-electron chi connectivity index (χ4n) is 0.322. The molecule has 0 aromatic carbocycles. The monoisotopic (exact) mass is 147 g/mol. The van der Waals surface area contributed by atoms with Crippen LogP contribution in [0.25, 0.3) is 0 Å². The summed E-state index contributed by atoms with van der Waals surface area (Å²) in [4.78, 5) is 20.1. The Morgan fingerprint density at radius 3 is 2.40 bits per heavy atom. The number of nitrogens with one attached hydrogen (secondary N) is 2. The van der Waals surface area contributed by atoms with Gasteiger partial charge in [0, 0.05) is 0 Å². The molecule has 0 spiro atoms. The van der Waals surface area contributed by atoms with Gasteiger partial charge in [0.05, 0.1) is 0 Å². The van der Waals surface area contributed by atoms with Gasteiger partial charge in [-0.25, -0.2) is 10.2 Å². The molecule has 0 aliphatic carbocycles. The van der Waals surface area contributed by atoms with Crippen LogP contribution >= 0.6 is 0 Å². The predicted molar refractivity (Wildman–Crippen MR) is 33.0 cm³/mol. The van der Waals surface area contributed by atoms with Crippen molar-refractivity contribution in [1.29, 1.82) is 0 Å². The molecule has 0 fully saturated rings. The fourth-order valence-corrected chi connectivity index (χ4v) is 0.322. The number of carbonyl (C=O) groups is 2. The number of hydrogen-bond acceptors (Lipinski definition) is 4. The Morgan fingerprint density at radius 1 is 1.80 bits per heavy atom. The number of rotatable bonds is 3. The summed E-state index contributed by atoms with van der Waals surface area (Å²) >= 11 is 0. The Balaban J connectivity index is 4.05. The van der Waals surface area contributed by atoms with Gasteiger partial charge in [-0.15, -0.1) is 0 Å². The molecule has 0 saturated heterocycles. The van der Waals surface area contributed by atoms with Gasteiger partial charge >= 0.3 is 6.09 Å². The smallest absolute Gasteiger partial charge is 0.406 e. The van der Waals surface area contributed by atoms with Gasteiger partial charge in [-0.1, -0.05) is 0 Å². The van der Waals surface area contributed by atoms with Crippen molar-refractivity contribution < 1.29 is 14.7 Å². The van der Waals surface area contributed by atoms with E-state index >= 15 is 0 Å². The Labute approximate surface area is 57.4 Å². The van der Waals surface area contributed by atoms with Crippen LogP contribution in [0.15, 0.2) is 0 Å². The summed E-state index contributed by atoms with van der Waals surface area (Å²) in [7, 11) is 0. The standard InChI is InChI=1S/C4H9N3O3/c1-4(2-8,7-5)6-3(9)10/h2,6-7H,5H2,1H3,(H,9,10). The molecule has 0 aromatic heterocycles. The van der Waals surface area contributed by atoms with Crippen molar-refractivity contribution in [2.45, 2.75) is 12.6 Å². The second kappa shape index (κ2) is 3.14. The molecule has 0 bridgehead atoms. The number of amides is 1. The number of nitrogens with two attached hydrogens (primary N) is 1. The third-order valence-electron chi connectivity index (χ3n) is 0.902. The van der Waals surface area contributed by atoms with Crippen LogP contribution in [0, 0.1) is 0 Å². The van der Waals surface area contributed by atoms with Crippen LogP contribution in [0.1, 0.15) is 6.92 Å². The lowest BCUT2D eigenvalue weighted by molar-refractivity contribution is -0.113. The van der Waals surface area contributed by atoms with Crippen molar-refractivity contribution in [1.82, 2.24) is 10.7 Å². The highest BCUT2D eigenvalue weighted by atomic mass is 16.4. The van der Waals surface area contributed by atoms with E-state index in [-0.39, 0.29) is 0 Å². The fraction of sp³-hybridized carbons (Fsp3) is 0.500. The van der Waals surface area contributed by atoms with Gasteiger partial charge in [-0.2, -0.15) is 0 Å². The van der Waals surface area contributed by atoms with Gasteiger partial charge in [-0.3, -0.25) is 16.0 Å². The maximum Gasteiger partial charge on any atom is 0.406 e. The Kier molecular flexibility index (Phi) is 2.78. The highest BCUT2D eigenvalue weighted by Gasteiger charge is 2.22. The number of carbonyl (C=O) groups excluding carboxylic acids is 1. The van der Waals surface area contributed by atoms with Crippen molar-refractivity contribution in [3.05, 3.63) is 0 Å². The first kappa shape index (κ1) is 8.86. The van der Waals surface area contributed by atoms with Crippen LogP contribution in [0.2, 0.25) is 0 Å². The number of hydrogen-bond donors (Lipinski definition) is 4. The van der Waals surface area contributed by atoms with Crippen LogP contribution in [-0.4, -0.2) is 23.1 Å². The molecule has 1 amide bonds. The molecule has 10 heavy (non-hydrogen) atoms. The van der Waals surface area contributed by atoms with Gasteiger partial charge in [0.25, 0.3) is 0 Å². The van der Waals surface area contributed by atoms with Crippen LogP contribution in [0.3, 0.4) is 0 Å². The summed E-state index contributed by atoms with van der Waals surface area (Å²) in [6, 6.07) is 0. The summed E-state index contributed by atoms with van der Waals surface area (Å²) in [6.45, 7) is 1.30. The maximum atomic E-state index is 10.1. The Bertz CT molecular complexity index is 149. The lowest BCUT2D eigenvalue weighted by Gasteiger charge is -2.20. The Morgan fingerprint density at radius 2 is 2.30 bits per heavy atom. The zero-order chi connectivity index (χ0) is 8.20. The summed E-state index contributed by atoms with van der Waals surface area (Å²) in [5.41, 5.74) is 0.602. The van der Waals surface area contributed by atoms with E-state index in [0.29, 0.717) is 6.29 Å². The molecule has 0 heterocycles. The van der Waals surface area contributed by atoms with Gasteiger partial charge in [0.1, 0.15) is 0 Å². The molecule has 0 aliphatic heterocycles. The van der Waals surface area contributed by atoms with E-state index < -0.39 is 11.8 Å². The largest absolute Gasteiger partial charge is 0.465 e. The molecule has 0 aromatic rings. The molecule has 58 valence electrons. The number of aldehydes is 1.